The second-order valence-corrected chi connectivity index (χ2v) is 3.53. The predicted molar refractivity (Wildman–Crippen MR) is 63.3 cm³/mol. The van der Waals surface area contributed by atoms with Gasteiger partial charge in [-0.15, -0.1) is 5.10 Å². The lowest BCUT2D eigenvalue weighted by molar-refractivity contribution is 0.416. The van der Waals surface area contributed by atoms with Gasteiger partial charge < -0.3 is 5.73 Å². The van der Waals surface area contributed by atoms with Crippen LogP contribution in [0.3, 0.4) is 0 Å². The number of nitrogens with one attached hydrogen (secondary N) is 4. The van der Waals surface area contributed by atoms with E-state index in [1.54, 1.807) is 7.05 Å². The highest BCUT2D eigenvalue weighted by Crippen LogP contribution is 1.99. The number of hydrogen-bond acceptors (Lipinski definition) is 7. The van der Waals surface area contributed by atoms with E-state index < -0.39 is 0 Å². The van der Waals surface area contributed by atoms with E-state index in [0.717, 1.165) is 31.6 Å². The summed E-state index contributed by atoms with van der Waals surface area (Å²) < 4.78 is 0. The van der Waals surface area contributed by atoms with E-state index in [-0.39, 0.29) is 12.2 Å². The van der Waals surface area contributed by atoms with E-state index in [4.69, 9.17) is 11.0 Å². The van der Waals surface area contributed by atoms with Crippen molar-refractivity contribution in [1.29, 1.82) is 5.26 Å². The first-order valence-corrected chi connectivity index (χ1v) is 5.48. The Morgan fingerprint density at radius 1 is 1.53 bits per heavy atom. The van der Waals surface area contributed by atoms with E-state index in [0.29, 0.717) is 0 Å². The molecule has 1 heterocycles. The maximum Gasteiger partial charge on any atom is 0.239 e. The standard InChI is InChI=1S/C9H18N8/c1-12-9(14-6-10)13-5-3-2-4-7-15-8(11)17-16-7/h9,12-14H,2-5H2,1H3,(H3,11,15,16,17)/t9-/m0/s1. The normalized spacial score (nSPS) is 12.0. The van der Waals surface area contributed by atoms with E-state index in [2.05, 4.69) is 31.1 Å². The number of nitrogens with two attached hydrogens (primary N) is 1. The molecule has 0 radical (unpaired) electrons. The maximum absolute atomic E-state index is 8.45. The quantitative estimate of drug-likeness (QED) is 0.168. The third kappa shape index (κ3) is 5.14. The highest BCUT2D eigenvalue weighted by molar-refractivity contribution is 5.12. The van der Waals surface area contributed by atoms with Crippen molar-refractivity contribution < 1.29 is 0 Å². The van der Waals surface area contributed by atoms with Gasteiger partial charge >= 0.3 is 0 Å². The molecular formula is C9H18N8. The molecule has 0 fully saturated rings. The van der Waals surface area contributed by atoms with Crippen molar-refractivity contribution in [2.24, 2.45) is 0 Å². The predicted octanol–water partition coefficient (Wildman–Crippen LogP) is -1.13. The molecule has 8 nitrogen and oxygen atoms in total. The van der Waals surface area contributed by atoms with Crippen LogP contribution in [0.25, 0.3) is 0 Å². The minimum absolute atomic E-state index is 0.180. The Balaban J connectivity index is 2.06. The summed E-state index contributed by atoms with van der Waals surface area (Å²) in [4.78, 5) is 4.01. The van der Waals surface area contributed by atoms with Crippen LogP contribution in [-0.4, -0.2) is 35.1 Å². The number of aromatic amines is 1. The van der Waals surface area contributed by atoms with Gasteiger partial charge in [-0.1, -0.05) is 0 Å². The van der Waals surface area contributed by atoms with Crippen LogP contribution in [0.15, 0.2) is 0 Å². The monoisotopic (exact) mass is 238 g/mol. The third-order valence-corrected chi connectivity index (χ3v) is 2.24. The fraction of sp³-hybridized carbons (Fsp3) is 0.667. The number of nitriles is 1. The molecule has 0 aromatic carbocycles. The largest absolute Gasteiger partial charge is 0.367 e. The van der Waals surface area contributed by atoms with Crippen molar-refractivity contribution in [2.45, 2.75) is 25.6 Å². The van der Waals surface area contributed by atoms with Crippen LogP contribution in [0, 0.1) is 11.5 Å². The number of rotatable bonds is 8. The molecule has 0 spiro atoms. The summed E-state index contributed by atoms with van der Waals surface area (Å²) in [6, 6.07) is 0. The number of hydrogen-bond donors (Lipinski definition) is 5. The van der Waals surface area contributed by atoms with E-state index in [1.165, 1.54) is 0 Å². The van der Waals surface area contributed by atoms with Crippen molar-refractivity contribution in [3.63, 3.8) is 0 Å². The Hall–Kier alpha value is -1.85. The van der Waals surface area contributed by atoms with Crippen LogP contribution in [0.4, 0.5) is 5.95 Å². The summed E-state index contributed by atoms with van der Waals surface area (Å²) in [6.07, 6.45) is 4.47. The Morgan fingerprint density at radius 2 is 2.35 bits per heavy atom. The SMILES string of the molecule is CN[C@H](NC#N)NCCCCc1nc(N)n[nH]1. The molecule has 0 unspecified atom stereocenters. The zero-order valence-electron chi connectivity index (χ0n) is 9.82. The molecule has 17 heavy (non-hydrogen) atoms. The molecule has 0 aliphatic carbocycles. The van der Waals surface area contributed by atoms with Gasteiger partial charge in [-0.3, -0.25) is 21.0 Å². The molecule has 0 aliphatic rings. The Morgan fingerprint density at radius 3 is 2.94 bits per heavy atom. The van der Waals surface area contributed by atoms with Crippen molar-refractivity contribution in [3.05, 3.63) is 5.82 Å². The van der Waals surface area contributed by atoms with Crippen LogP contribution in [0.1, 0.15) is 18.7 Å². The lowest BCUT2D eigenvalue weighted by Crippen LogP contribution is -2.49. The van der Waals surface area contributed by atoms with E-state index in [9.17, 15) is 0 Å². The first-order valence-electron chi connectivity index (χ1n) is 5.48. The molecule has 0 aliphatic heterocycles. The Kier molecular flexibility index (Phi) is 5.77. The summed E-state index contributed by atoms with van der Waals surface area (Å²) in [5.41, 5.74) is 5.39. The smallest absolute Gasteiger partial charge is 0.239 e. The van der Waals surface area contributed by atoms with Gasteiger partial charge in [-0.05, 0) is 26.4 Å². The number of anilines is 1. The molecule has 1 rings (SSSR count). The van der Waals surface area contributed by atoms with Gasteiger partial charge in [0.05, 0.1) is 0 Å². The molecule has 6 N–H and O–H groups in total. The lowest BCUT2D eigenvalue weighted by atomic mass is 10.2. The third-order valence-electron chi connectivity index (χ3n) is 2.24. The fourth-order valence-electron chi connectivity index (χ4n) is 1.38. The van der Waals surface area contributed by atoms with Crippen LogP contribution in [-0.2, 0) is 6.42 Å². The number of H-pyrrole nitrogens is 1. The molecule has 0 amide bonds. The zero-order valence-corrected chi connectivity index (χ0v) is 9.82. The average Bonchev–Trinajstić information content (AvgIpc) is 2.73. The van der Waals surface area contributed by atoms with Gasteiger partial charge in [-0.25, -0.2) is 0 Å². The molecule has 94 valence electrons. The van der Waals surface area contributed by atoms with Gasteiger partial charge in [0.1, 0.15) is 12.1 Å². The molecular weight excluding hydrogens is 220 g/mol. The minimum Gasteiger partial charge on any atom is -0.367 e. The van der Waals surface area contributed by atoms with Crippen LogP contribution >= 0.6 is 0 Å². The van der Waals surface area contributed by atoms with E-state index >= 15 is 0 Å². The first-order chi connectivity index (χ1) is 8.26. The highest BCUT2D eigenvalue weighted by atomic mass is 15.3. The summed E-state index contributed by atoms with van der Waals surface area (Å²) in [5.74, 6) is 1.09. The van der Waals surface area contributed by atoms with Crippen LogP contribution in [0.2, 0.25) is 0 Å². The number of aryl methyl sites for hydroxylation is 1. The second kappa shape index (κ2) is 7.43. The van der Waals surface area contributed by atoms with E-state index in [1.807, 2.05) is 6.19 Å². The van der Waals surface area contributed by atoms with Gasteiger partial charge in [0, 0.05) is 6.42 Å². The molecule has 1 aromatic rings. The summed E-state index contributed by atoms with van der Waals surface area (Å²) in [7, 11) is 1.78. The minimum atomic E-state index is -0.180. The second-order valence-electron chi connectivity index (χ2n) is 3.53. The summed E-state index contributed by atoms with van der Waals surface area (Å²) in [5, 5.41) is 23.6. The fourth-order valence-corrected chi connectivity index (χ4v) is 1.38. The lowest BCUT2D eigenvalue weighted by Gasteiger charge is -2.15. The number of nitrogen functional groups attached to an aromatic ring is 1. The first kappa shape index (κ1) is 13.2. The van der Waals surface area contributed by atoms with Crippen LogP contribution in [0.5, 0.6) is 0 Å². The zero-order chi connectivity index (χ0) is 12.5. The maximum atomic E-state index is 8.45. The van der Waals surface area contributed by atoms with Crippen LogP contribution < -0.4 is 21.7 Å². The highest BCUT2D eigenvalue weighted by Gasteiger charge is 2.02. The van der Waals surface area contributed by atoms with Gasteiger partial charge in [-0.2, -0.15) is 10.2 Å². The van der Waals surface area contributed by atoms with Gasteiger partial charge in [0.15, 0.2) is 6.19 Å². The number of nitrogens with zero attached hydrogens (tertiary/aromatic N) is 3. The molecule has 1 atom stereocenters. The van der Waals surface area contributed by atoms with Gasteiger partial charge in [0.2, 0.25) is 5.95 Å². The molecule has 0 saturated carbocycles. The number of unbranched alkanes of at least 4 members (excludes halogenated alkanes) is 1. The number of aromatic nitrogens is 3. The molecule has 8 heteroatoms. The van der Waals surface area contributed by atoms with Crippen molar-refractivity contribution >= 4 is 5.95 Å². The summed E-state index contributed by atoms with van der Waals surface area (Å²) >= 11 is 0. The Bertz CT molecular complexity index is 354. The van der Waals surface area contributed by atoms with Gasteiger partial charge in [0.25, 0.3) is 0 Å². The van der Waals surface area contributed by atoms with Crippen molar-refractivity contribution in [3.8, 4) is 6.19 Å². The molecule has 0 saturated heterocycles. The average molecular weight is 238 g/mol. The summed E-state index contributed by atoms with van der Waals surface area (Å²) in [6.45, 7) is 0.809. The topological polar surface area (TPSA) is 127 Å². The van der Waals surface area contributed by atoms with Crippen molar-refractivity contribution in [1.82, 2.24) is 31.1 Å². The van der Waals surface area contributed by atoms with Crippen molar-refractivity contribution in [2.75, 3.05) is 19.3 Å². The molecule has 1 aromatic heterocycles. The molecule has 0 bridgehead atoms. The Labute approximate surface area is 100.0 Å².